The molecule has 0 bridgehead atoms. The first kappa shape index (κ1) is 9.09. The van der Waals surface area contributed by atoms with Gasteiger partial charge in [0.25, 0.3) is 5.56 Å². The van der Waals surface area contributed by atoms with Gasteiger partial charge in [-0.05, 0) is 12.1 Å². The Hall–Kier alpha value is -2.48. The molecular weight excluding hydrogens is 192 g/mol. The summed E-state index contributed by atoms with van der Waals surface area (Å²) in [5.74, 6) is 0. The van der Waals surface area contributed by atoms with Gasteiger partial charge in [0.1, 0.15) is 18.0 Å². The average Bonchev–Trinajstić information content (AvgIpc) is 2.31. The maximum absolute atomic E-state index is 11.1. The SMILES string of the molecule is N#Cc1cc(-c2ccncn2)c[nH]c1=O. The standard InChI is InChI=1S/C10H6N4O/c11-4-7-3-8(5-13-10(7)15)9-1-2-12-6-14-9/h1-3,5-6H,(H,13,15). The van der Waals surface area contributed by atoms with E-state index in [1.54, 1.807) is 12.3 Å². The molecule has 72 valence electrons. The molecule has 0 atom stereocenters. The van der Waals surface area contributed by atoms with Crippen molar-refractivity contribution in [2.24, 2.45) is 0 Å². The van der Waals surface area contributed by atoms with Crippen molar-refractivity contribution in [1.82, 2.24) is 15.0 Å². The summed E-state index contributed by atoms with van der Waals surface area (Å²) < 4.78 is 0. The van der Waals surface area contributed by atoms with Gasteiger partial charge in [-0.1, -0.05) is 0 Å². The summed E-state index contributed by atoms with van der Waals surface area (Å²) in [4.78, 5) is 21.4. The van der Waals surface area contributed by atoms with E-state index in [0.717, 1.165) is 0 Å². The molecule has 0 aromatic carbocycles. The monoisotopic (exact) mass is 198 g/mol. The van der Waals surface area contributed by atoms with Crippen molar-refractivity contribution in [3.8, 4) is 17.3 Å². The summed E-state index contributed by atoms with van der Waals surface area (Å²) in [5, 5.41) is 8.69. The molecule has 0 radical (unpaired) electrons. The summed E-state index contributed by atoms with van der Waals surface area (Å²) in [6.45, 7) is 0. The van der Waals surface area contributed by atoms with Crippen molar-refractivity contribution >= 4 is 0 Å². The first-order chi connectivity index (χ1) is 7.31. The number of nitriles is 1. The summed E-state index contributed by atoms with van der Waals surface area (Å²) in [5.41, 5.74) is 1.03. The molecule has 2 heterocycles. The highest BCUT2D eigenvalue weighted by molar-refractivity contribution is 5.58. The molecule has 0 amide bonds. The van der Waals surface area contributed by atoms with Crippen LogP contribution >= 0.6 is 0 Å². The predicted molar refractivity (Wildman–Crippen MR) is 52.8 cm³/mol. The van der Waals surface area contributed by atoms with E-state index >= 15 is 0 Å². The van der Waals surface area contributed by atoms with Gasteiger partial charge >= 0.3 is 0 Å². The van der Waals surface area contributed by atoms with Crippen LogP contribution in [0.15, 0.2) is 35.6 Å². The number of hydrogen-bond donors (Lipinski definition) is 1. The summed E-state index contributed by atoms with van der Waals surface area (Å²) in [7, 11) is 0. The van der Waals surface area contributed by atoms with Crippen LogP contribution in [0.2, 0.25) is 0 Å². The van der Waals surface area contributed by atoms with Crippen molar-refractivity contribution in [2.45, 2.75) is 0 Å². The average molecular weight is 198 g/mol. The second kappa shape index (κ2) is 3.72. The van der Waals surface area contributed by atoms with E-state index in [2.05, 4.69) is 15.0 Å². The van der Waals surface area contributed by atoms with Crippen molar-refractivity contribution < 1.29 is 0 Å². The Labute approximate surface area is 85.1 Å². The number of H-pyrrole nitrogens is 1. The van der Waals surface area contributed by atoms with E-state index in [1.165, 1.54) is 18.6 Å². The molecular formula is C10H6N4O. The number of aromatic amines is 1. The van der Waals surface area contributed by atoms with Crippen LogP contribution in [0.4, 0.5) is 0 Å². The van der Waals surface area contributed by atoms with E-state index < -0.39 is 5.56 Å². The van der Waals surface area contributed by atoms with Gasteiger partial charge in [-0.2, -0.15) is 5.26 Å². The third-order valence-corrected chi connectivity index (χ3v) is 1.90. The van der Waals surface area contributed by atoms with Crippen LogP contribution in [0.25, 0.3) is 11.3 Å². The number of rotatable bonds is 1. The Bertz CT molecular complexity index is 568. The van der Waals surface area contributed by atoms with Crippen molar-refractivity contribution in [3.05, 3.63) is 46.8 Å². The van der Waals surface area contributed by atoms with Gasteiger partial charge < -0.3 is 4.98 Å². The van der Waals surface area contributed by atoms with Gasteiger partial charge in [0.15, 0.2) is 0 Å². The third kappa shape index (κ3) is 1.74. The second-order valence-corrected chi connectivity index (χ2v) is 2.84. The van der Waals surface area contributed by atoms with Crippen LogP contribution in [0.5, 0.6) is 0 Å². The number of aromatic nitrogens is 3. The highest BCUT2D eigenvalue weighted by Gasteiger charge is 2.03. The zero-order valence-electron chi connectivity index (χ0n) is 7.64. The van der Waals surface area contributed by atoms with E-state index in [4.69, 9.17) is 5.26 Å². The minimum absolute atomic E-state index is 0.0751. The zero-order chi connectivity index (χ0) is 10.7. The normalized spacial score (nSPS) is 9.53. The lowest BCUT2D eigenvalue weighted by atomic mass is 10.1. The lowest BCUT2D eigenvalue weighted by molar-refractivity contribution is 1.15. The fourth-order valence-corrected chi connectivity index (χ4v) is 1.18. The van der Waals surface area contributed by atoms with Crippen molar-refractivity contribution in [3.63, 3.8) is 0 Å². The lowest BCUT2D eigenvalue weighted by Gasteiger charge is -1.98. The summed E-state index contributed by atoms with van der Waals surface area (Å²) >= 11 is 0. The van der Waals surface area contributed by atoms with Crippen LogP contribution in [0, 0.1) is 11.3 Å². The molecule has 0 spiro atoms. The quantitative estimate of drug-likeness (QED) is 0.731. The summed E-state index contributed by atoms with van der Waals surface area (Å²) in [6, 6.07) is 5.02. The Morgan fingerprint density at radius 3 is 3.00 bits per heavy atom. The molecule has 0 unspecified atom stereocenters. The molecule has 2 rings (SSSR count). The number of hydrogen-bond acceptors (Lipinski definition) is 4. The Morgan fingerprint density at radius 1 is 1.47 bits per heavy atom. The third-order valence-electron chi connectivity index (χ3n) is 1.90. The fraction of sp³-hybridized carbons (Fsp3) is 0. The van der Waals surface area contributed by atoms with Crippen molar-refractivity contribution in [2.75, 3.05) is 0 Å². The highest BCUT2D eigenvalue weighted by atomic mass is 16.1. The molecule has 5 heteroatoms. The molecule has 1 N–H and O–H groups in total. The number of nitrogens with zero attached hydrogens (tertiary/aromatic N) is 3. The van der Waals surface area contributed by atoms with Crippen molar-refractivity contribution in [1.29, 1.82) is 5.26 Å². The Kier molecular flexibility index (Phi) is 2.25. The first-order valence-corrected chi connectivity index (χ1v) is 4.20. The van der Waals surface area contributed by atoms with Crippen LogP contribution in [0.1, 0.15) is 5.56 Å². The van der Waals surface area contributed by atoms with Gasteiger partial charge in [0.2, 0.25) is 0 Å². The maximum Gasteiger partial charge on any atom is 0.265 e. The maximum atomic E-state index is 11.1. The zero-order valence-corrected chi connectivity index (χ0v) is 7.64. The Morgan fingerprint density at radius 2 is 2.33 bits per heavy atom. The fourth-order valence-electron chi connectivity index (χ4n) is 1.18. The summed E-state index contributed by atoms with van der Waals surface area (Å²) in [6.07, 6.45) is 4.53. The predicted octanol–water partition coefficient (Wildman–Crippen LogP) is 0.704. The highest BCUT2D eigenvalue weighted by Crippen LogP contribution is 2.13. The van der Waals surface area contributed by atoms with Gasteiger partial charge in [-0.3, -0.25) is 4.79 Å². The molecule has 2 aromatic rings. The van der Waals surface area contributed by atoms with E-state index in [9.17, 15) is 4.79 Å². The van der Waals surface area contributed by atoms with Gasteiger partial charge in [0, 0.05) is 18.0 Å². The van der Waals surface area contributed by atoms with Crippen LogP contribution in [0.3, 0.4) is 0 Å². The molecule has 0 aliphatic rings. The van der Waals surface area contributed by atoms with Gasteiger partial charge in [0.05, 0.1) is 5.69 Å². The van der Waals surface area contributed by atoms with Gasteiger partial charge in [-0.15, -0.1) is 0 Å². The molecule has 0 aliphatic carbocycles. The molecule has 15 heavy (non-hydrogen) atoms. The van der Waals surface area contributed by atoms with Crippen LogP contribution in [-0.2, 0) is 0 Å². The second-order valence-electron chi connectivity index (χ2n) is 2.84. The molecule has 0 saturated carbocycles. The largest absolute Gasteiger partial charge is 0.327 e. The number of pyridine rings is 1. The van der Waals surface area contributed by atoms with Crippen LogP contribution in [-0.4, -0.2) is 15.0 Å². The molecule has 0 fully saturated rings. The molecule has 2 aromatic heterocycles. The van der Waals surface area contributed by atoms with Gasteiger partial charge in [-0.25, -0.2) is 9.97 Å². The molecule has 0 aliphatic heterocycles. The minimum atomic E-state index is -0.393. The van der Waals surface area contributed by atoms with Crippen LogP contribution < -0.4 is 5.56 Å². The number of nitrogens with one attached hydrogen (secondary N) is 1. The Balaban J connectivity index is 2.57. The lowest BCUT2D eigenvalue weighted by Crippen LogP contribution is -2.09. The van der Waals surface area contributed by atoms with E-state index in [1.807, 2.05) is 6.07 Å². The minimum Gasteiger partial charge on any atom is -0.327 e. The smallest absolute Gasteiger partial charge is 0.265 e. The first-order valence-electron chi connectivity index (χ1n) is 4.20. The topological polar surface area (TPSA) is 82.4 Å². The van der Waals surface area contributed by atoms with E-state index in [0.29, 0.717) is 11.3 Å². The molecule has 5 nitrogen and oxygen atoms in total. The van der Waals surface area contributed by atoms with E-state index in [-0.39, 0.29) is 5.56 Å². The molecule has 0 saturated heterocycles.